The molecular weight excluding hydrogens is 445 g/mol. The number of fused-ring (bicyclic) bond motifs is 1. The standard InChI is InChI=1S/C26H27F3N2O3/c1-15-9-21(34-2)18(22-19(27)11-30-23(15)22)12-31-8-7-25(13-26(28,29)14-25)10-20(31)16-3-5-17(6-4-16)24(32)33/h3-6,9,11,20,30H,7-8,10,12-14H2,1-2H3,(H,32,33)/t20-/m1/s1. The highest BCUT2D eigenvalue weighted by Gasteiger charge is 2.58. The highest BCUT2D eigenvalue weighted by molar-refractivity contribution is 5.89. The molecule has 180 valence electrons. The van der Waals surface area contributed by atoms with Crippen molar-refractivity contribution in [3.8, 4) is 5.75 Å². The molecule has 0 amide bonds. The number of carboxylic acid groups (broad SMARTS) is 1. The zero-order valence-electron chi connectivity index (χ0n) is 19.1. The van der Waals surface area contributed by atoms with Crippen molar-refractivity contribution in [2.24, 2.45) is 5.41 Å². The van der Waals surface area contributed by atoms with E-state index in [9.17, 15) is 23.1 Å². The summed E-state index contributed by atoms with van der Waals surface area (Å²) >= 11 is 0. The molecular formula is C26H27F3N2O3. The first-order valence-corrected chi connectivity index (χ1v) is 11.4. The second-order valence-corrected chi connectivity index (χ2v) is 9.84. The van der Waals surface area contributed by atoms with Crippen molar-refractivity contribution in [2.45, 2.75) is 51.1 Å². The minimum absolute atomic E-state index is 0.123. The Bertz CT molecular complexity index is 1240. The Balaban J connectivity index is 1.53. The minimum Gasteiger partial charge on any atom is -0.496 e. The molecule has 1 aliphatic heterocycles. The van der Waals surface area contributed by atoms with Crippen LogP contribution in [0.4, 0.5) is 13.2 Å². The van der Waals surface area contributed by atoms with Crippen LogP contribution in [0.1, 0.15) is 58.8 Å². The van der Waals surface area contributed by atoms with Gasteiger partial charge in [-0.25, -0.2) is 18.0 Å². The van der Waals surface area contributed by atoms with Crippen LogP contribution in [0, 0.1) is 18.2 Å². The summed E-state index contributed by atoms with van der Waals surface area (Å²) in [5.74, 6) is -3.42. The van der Waals surface area contributed by atoms with Crippen LogP contribution in [-0.2, 0) is 6.54 Å². The molecule has 3 aromatic rings. The van der Waals surface area contributed by atoms with E-state index < -0.39 is 17.3 Å². The third-order valence-corrected chi connectivity index (χ3v) is 7.56. The van der Waals surface area contributed by atoms with Crippen molar-refractivity contribution in [3.05, 3.63) is 64.6 Å². The van der Waals surface area contributed by atoms with Crippen molar-refractivity contribution in [3.63, 3.8) is 0 Å². The predicted octanol–water partition coefficient (Wildman–Crippen LogP) is 6.07. The minimum atomic E-state index is -2.62. The molecule has 2 aliphatic rings. The molecule has 1 aliphatic carbocycles. The van der Waals surface area contributed by atoms with Crippen molar-refractivity contribution >= 4 is 16.9 Å². The third kappa shape index (κ3) is 3.83. The quantitative estimate of drug-likeness (QED) is 0.473. The van der Waals surface area contributed by atoms with E-state index in [4.69, 9.17) is 4.74 Å². The lowest BCUT2D eigenvalue weighted by molar-refractivity contribution is -0.186. The number of H-pyrrole nitrogens is 1. The first kappa shape index (κ1) is 22.8. The summed E-state index contributed by atoms with van der Waals surface area (Å²) in [5.41, 5.74) is 2.91. The predicted molar refractivity (Wildman–Crippen MR) is 122 cm³/mol. The summed E-state index contributed by atoms with van der Waals surface area (Å²) in [6, 6.07) is 8.29. The molecule has 0 bridgehead atoms. The number of carbonyl (C=O) groups is 1. The van der Waals surface area contributed by atoms with Crippen LogP contribution in [0.2, 0.25) is 0 Å². The van der Waals surface area contributed by atoms with Crippen LogP contribution in [0.15, 0.2) is 36.5 Å². The molecule has 34 heavy (non-hydrogen) atoms. The molecule has 5 rings (SSSR count). The number of likely N-dealkylation sites (tertiary alicyclic amines) is 1. The van der Waals surface area contributed by atoms with E-state index in [0.717, 1.165) is 11.1 Å². The highest BCUT2D eigenvalue weighted by atomic mass is 19.3. The van der Waals surface area contributed by atoms with Crippen LogP contribution < -0.4 is 4.74 Å². The van der Waals surface area contributed by atoms with Gasteiger partial charge in [0.15, 0.2) is 0 Å². The Morgan fingerprint density at radius 2 is 1.97 bits per heavy atom. The van der Waals surface area contributed by atoms with E-state index in [1.54, 1.807) is 31.4 Å². The number of ether oxygens (including phenoxy) is 1. The van der Waals surface area contributed by atoms with Gasteiger partial charge in [0.1, 0.15) is 11.6 Å². The van der Waals surface area contributed by atoms with Gasteiger partial charge in [-0.15, -0.1) is 0 Å². The van der Waals surface area contributed by atoms with Gasteiger partial charge in [-0.05, 0) is 61.1 Å². The summed E-state index contributed by atoms with van der Waals surface area (Å²) in [7, 11) is 1.55. The summed E-state index contributed by atoms with van der Waals surface area (Å²) in [6.45, 7) is 2.84. The molecule has 5 nitrogen and oxygen atoms in total. The summed E-state index contributed by atoms with van der Waals surface area (Å²) in [6.07, 6.45) is 2.27. The molecule has 0 radical (unpaired) electrons. The molecule has 2 aromatic carbocycles. The molecule has 0 unspecified atom stereocenters. The maximum atomic E-state index is 14.8. The normalized spacial score (nSPS) is 21.5. The average molecular weight is 473 g/mol. The molecule has 1 atom stereocenters. The maximum absolute atomic E-state index is 14.8. The van der Waals surface area contributed by atoms with Crippen LogP contribution in [0.3, 0.4) is 0 Å². The number of methoxy groups -OCH3 is 1. The van der Waals surface area contributed by atoms with Crippen LogP contribution in [-0.4, -0.2) is 40.5 Å². The maximum Gasteiger partial charge on any atom is 0.335 e. The van der Waals surface area contributed by atoms with Gasteiger partial charge in [-0.3, -0.25) is 4.90 Å². The molecule has 1 spiro atoms. The zero-order valence-corrected chi connectivity index (χ0v) is 19.1. The SMILES string of the molecule is COc1cc(C)c2[nH]cc(F)c2c1CN1CCC2(C[C@@H]1c1ccc(C(=O)O)cc1)CC(F)(F)C2. The first-order chi connectivity index (χ1) is 16.1. The first-order valence-electron chi connectivity index (χ1n) is 11.4. The summed E-state index contributed by atoms with van der Waals surface area (Å²) < 4.78 is 48.2. The summed E-state index contributed by atoms with van der Waals surface area (Å²) in [5, 5.41) is 9.74. The van der Waals surface area contributed by atoms with E-state index in [1.165, 1.54) is 6.20 Å². The number of rotatable bonds is 5. The third-order valence-electron chi connectivity index (χ3n) is 7.56. The zero-order chi connectivity index (χ0) is 24.3. The number of hydrogen-bond donors (Lipinski definition) is 2. The van der Waals surface area contributed by atoms with Gasteiger partial charge in [0.05, 0.1) is 18.2 Å². The highest BCUT2D eigenvalue weighted by Crippen LogP contribution is 2.60. The fourth-order valence-electron chi connectivity index (χ4n) is 5.94. The van der Waals surface area contributed by atoms with E-state index >= 15 is 0 Å². The Morgan fingerprint density at radius 3 is 2.59 bits per heavy atom. The topological polar surface area (TPSA) is 65.6 Å². The number of aryl methyl sites for hydroxylation is 1. The van der Waals surface area contributed by atoms with Gasteiger partial charge in [0, 0.05) is 42.6 Å². The largest absolute Gasteiger partial charge is 0.496 e. The van der Waals surface area contributed by atoms with Gasteiger partial charge in [-0.2, -0.15) is 0 Å². The molecule has 1 aromatic heterocycles. The van der Waals surface area contributed by atoms with Gasteiger partial charge < -0.3 is 14.8 Å². The van der Waals surface area contributed by atoms with E-state index in [2.05, 4.69) is 9.88 Å². The number of nitrogens with zero attached hydrogens (tertiary/aromatic N) is 1. The van der Waals surface area contributed by atoms with E-state index in [1.807, 2.05) is 13.0 Å². The van der Waals surface area contributed by atoms with Crippen molar-refractivity contribution in [1.29, 1.82) is 0 Å². The number of hydrogen-bond acceptors (Lipinski definition) is 3. The van der Waals surface area contributed by atoms with Crippen molar-refractivity contribution < 1.29 is 27.8 Å². The van der Waals surface area contributed by atoms with Crippen molar-refractivity contribution in [2.75, 3.05) is 13.7 Å². The lowest BCUT2D eigenvalue weighted by Crippen LogP contribution is -2.53. The Labute approximate surface area is 195 Å². The second-order valence-electron chi connectivity index (χ2n) is 9.84. The summed E-state index contributed by atoms with van der Waals surface area (Å²) in [4.78, 5) is 16.5. The number of nitrogens with one attached hydrogen (secondary N) is 1. The number of aromatic carboxylic acids is 1. The van der Waals surface area contributed by atoms with Crippen LogP contribution in [0.5, 0.6) is 5.75 Å². The second kappa shape index (κ2) is 8.05. The lowest BCUT2D eigenvalue weighted by atomic mass is 9.59. The molecule has 8 heteroatoms. The Morgan fingerprint density at radius 1 is 1.26 bits per heavy atom. The number of benzene rings is 2. The number of aromatic nitrogens is 1. The van der Waals surface area contributed by atoms with Gasteiger partial charge in [0.2, 0.25) is 5.92 Å². The number of alkyl halides is 2. The number of piperidine rings is 1. The van der Waals surface area contributed by atoms with Gasteiger partial charge >= 0.3 is 5.97 Å². The average Bonchev–Trinajstić information content (AvgIpc) is 3.17. The Hall–Kier alpha value is -3.00. The number of halogens is 3. The molecule has 2 fully saturated rings. The molecule has 2 N–H and O–H groups in total. The Kier molecular flexibility index (Phi) is 5.39. The van der Waals surface area contributed by atoms with E-state index in [-0.39, 0.29) is 30.3 Å². The monoisotopic (exact) mass is 472 g/mol. The molecule has 1 saturated carbocycles. The van der Waals surface area contributed by atoms with Crippen molar-refractivity contribution in [1.82, 2.24) is 9.88 Å². The fraction of sp³-hybridized carbons (Fsp3) is 0.423. The van der Waals surface area contributed by atoms with Gasteiger partial charge in [0.25, 0.3) is 0 Å². The van der Waals surface area contributed by atoms with Gasteiger partial charge in [-0.1, -0.05) is 12.1 Å². The van der Waals surface area contributed by atoms with E-state index in [0.29, 0.717) is 48.1 Å². The molecule has 1 saturated heterocycles. The smallest absolute Gasteiger partial charge is 0.335 e. The molecule has 2 heterocycles. The number of carboxylic acids is 1. The van der Waals surface area contributed by atoms with Crippen LogP contribution in [0.25, 0.3) is 10.9 Å². The number of aromatic amines is 1. The fourth-order valence-corrected chi connectivity index (χ4v) is 5.94. The van der Waals surface area contributed by atoms with Crippen LogP contribution >= 0.6 is 0 Å². The lowest BCUT2D eigenvalue weighted by Gasteiger charge is -2.54.